The fourth-order valence-corrected chi connectivity index (χ4v) is 4.03. The van der Waals surface area contributed by atoms with Crippen LogP contribution >= 0.6 is 11.6 Å². The number of imidazole rings is 1. The monoisotopic (exact) mass is 451 g/mol. The molecule has 2 aromatic heterocycles. The lowest BCUT2D eigenvalue weighted by molar-refractivity contribution is 0.235. The van der Waals surface area contributed by atoms with Gasteiger partial charge in [-0.25, -0.2) is 23.3 Å². The van der Waals surface area contributed by atoms with Gasteiger partial charge in [0.15, 0.2) is 11.5 Å². The zero-order valence-corrected chi connectivity index (χ0v) is 17.2. The SMILES string of the molecule is O=S(NCCNc1nc2nccc(C(=Nc3ccc(F)c(Cl)c3)NO)c2[nH]1)C1CC1. The van der Waals surface area contributed by atoms with Crippen LogP contribution in [0.2, 0.25) is 5.02 Å². The summed E-state index contributed by atoms with van der Waals surface area (Å²) in [4.78, 5) is 16.0. The Morgan fingerprint density at radius 1 is 1.37 bits per heavy atom. The highest BCUT2D eigenvalue weighted by Crippen LogP contribution is 2.25. The third-order valence-electron chi connectivity index (χ3n) is 4.39. The van der Waals surface area contributed by atoms with Gasteiger partial charge in [0.25, 0.3) is 0 Å². The fraction of sp³-hybridized carbons (Fsp3) is 0.278. The van der Waals surface area contributed by atoms with E-state index in [1.807, 2.05) is 0 Å². The highest BCUT2D eigenvalue weighted by atomic mass is 35.5. The predicted molar refractivity (Wildman–Crippen MR) is 114 cm³/mol. The highest BCUT2D eigenvalue weighted by molar-refractivity contribution is 7.84. The first-order chi connectivity index (χ1) is 14.5. The number of hydrogen-bond donors (Lipinski definition) is 5. The summed E-state index contributed by atoms with van der Waals surface area (Å²) in [5.74, 6) is 0.0352. The molecular weight excluding hydrogens is 433 g/mol. The fourth-order valence-electron chi connectivity index (χ4n) is 2.75. The Labute approximate surface area is 178 Å². The number of amidine groups is 1. The van der Waals surface area contributed by atoms with Crippen molar-refractivity contribution in [3.05, 3.63) is 46.9 Å². The van der Waals surface area contributed by atoms with Gasteiger partial charge in [0.1, 0.15) is 5.82 Å². The lowest BCUT2D eigenvalue weighted by Crippen LogP contribution is -2.26. The summed E-state index contributed by atoms with van der Waals surface area (Å²) < 4.78 is 28.1. The van der Waals surface area contributed by atoms with Crippen LogP contribution in [0.25, 0.3) is 11.2 Å². The van der Waals surface area contributed by atoms with Crippen molar-refractivity contribution < 1.29 is 13.8 Å². The summed E-state index contributed by atoms with van der Waals surface area (Å²) in [7, 11) is -0.985. The number of hydroxylamine groups is 1. The Morgan fingerprint density at radius 2 is 2.20 bits per heavy atom. The molecule has 1 aromatic carbocycles. The van der Waals surface area contributed by atoms with E-state index in [9.17, 15) is 13.8 Å². The van der Waals surface area contributed by atoms with Gasteiger partial charge >= 0.3 is 0 Å². The molecule has 30 heavy (non-hydrogen) atoms. The van der Waals surface area contributed by atoms with Gasteiger partial charge in [0.05, 0.1) is 27.2 Å². The summed E-state index contributed by atoms with van der Waals surface area (Å²) in [6.07, 6.45) is 3.56. The molecule has 0 bridgehead atoms. The Balaban J connectivity index is 1.52. The molecule has 5 N–H and O–H groups in total. The third kappa shape index (κ3) is 4.75. The van der Waals surface area contributed by atoms with Gasteiger partial charge in [-0.2, -0.15) is 4.98 Å². The van der Waals surface area contributed by atoms with Crippen LogP contribution < -0.4 is 15.5 Å². The van der Waals surface area contributed by atoms with Crippen LogP contribution in [0.3, 0.4) is 0 Å². The molecule has 12 heteroatoms. The molecule has 9 nitrogen and oxygen atoms in total. The standard InChI is InChI=1S/C18H19ClFN7O2S/c19-13-9-10(1-4-14(13)20)24-16(27-28)12-5-6-21-17-15(12)25-18(26-17)22-7-8-23-30(29)11-2-3-11/h1,4-6,9,11,23,28H,2-3,7-8H2,(H,24,27)(H2,21,22,25,26). The number of benzene rings is 1. The molecule has 4 rings (SSSR count). The summed E-state index contributed by atoms with van der Waals surface area (Å²) in [5, 5.41) is 12.9. The maximum atomic E-state index is 13.4. The predicted octanol–water partition coefficient (Wildman–Crippen LogP) is 2.64. The number of halogens is 2. The average molecular weight is 452 g/mol. The van der Waals surface area contributed by atoms with Crippen molar-refractivity contribution in [1.82, 2.24) is 25.2 Å². The molecule has 0 spiro atoms. The number of aromatic amines is 1. The molecule has 1 fully saturated rings. The molecule has 0 aliphatic heterocycles. The Hall–Kier alpha value is -2.60. The summed E-state index contributed by atoms with van der Waals surface area (Å²) in [6, 6.07) is 5.64. The largest absolute Gasteiger partial charge is 0.354 e. The minimum absolute atomic E-state index is 0.0716. The smallest absolute Gasteiger partial charge is 0.202 e. The van der Waals surface area contributed by atoms with Gasteiger partial charge in [0.2, 0.25) is 5.95 Å². The van der Waals surface area contributed by atoms with Gasteiger partial charge in [-0.05, 0) is 37.1 Å². The van der Waals surface area contributed by atoms with E-state index in [0.29, 0.717) is 41.5 Å². The van der Waals surface area contributed by atoms with E-state index in [0.717, 1.165) is 12.8 Å². The molecule has 1 aliphatic carbocycles. The van der Waals surface area contributed by atoms with Crippen LogP contribution in [-0.4, -0.2) is 48.5 Å². The van der Waals surface area contributed by atoms with Crippen molar-refractivity contribution in [3.8, 4) is 0 Å². The minimum Gasteiger partial charge on any atom is -0.354 e. The van der Waals surface area contributed by atoms with E-state index < -0.39 is 16.8 Å². The van der Waals surface area contributed by atoms with Crippen molar-refractivity contribution in [1.29, 1.82) is 0 Å². The number of aromatic nitrogens is 3. The number of fused-ring (bicyclic) bond motifs is 1. The van der Waals surface area contributed by atoms with E-state index in [1.165, 1.54) is 24.4 Å². The third-order valence-corrected chi connectivity index (χ3v) is 6.24. The second kappa shape index (κ2) is 9.04. The maximum Gasteiger partial charge on any atom is 0.202 e. The molecule has 1 saturated carbocycles. The van der Waals surface area contributed by atoms with Gasteiger partial charge < -0.3 is 10.3 Å². The maximum absolute atomic E-state index is 13.4. The molecule has 1 unspecified atom stereocenters. The van der Waals surface area contributed by atoms with E-state index in [2.05, 4.69) is 35.5 Å². The first-order valence-electron chi connectivity index (χ1n) is 9.22. The van der Waals surface area contributed by atoms with Crippen LogP contribution in [-0.2, 0) is 11.0 Å². The number of H-pyrrole nitrogens is 1. The van der Waals surface area contributed by atoms with Crippen molar-refractivity contribution in [2.75, 3.05) is 18.4 Å². The minimum atomic E-state index is -0.985. The summed E-state index contributed by atoms with van der Waals surface area (Å²) >= 11 is 5.80. The Morgan fingerprint density at radius 3 is 2.93 bits per heavy atom. The molecule has 0 saturated heterocycles. The number of nitrogens with zero attached hydrogens (tertiary/aromatic N) is 3. The van der Waals surface area contributed by atoms with Crippen LogP contribution in [0, 0.1) is 5.82 Å². The average Bonchev–Trinajstić information content (AvgIpc) is 3.51. The first-order valence-corrected chi connectivity index (χ1v) is 10.8. The second-order valence-electron chi connectivity index (χ2n) is 6.63. The molecule has 1 atom stereocenters. The Kier molecular flexibility index (Phi) is 6.23. The van der Waals surface area contributed by atoms with Crippen molar-refractivity contribution in [2.45, 2.75) is 18.1 Å². The van der Waals surface area contributed by atoms with Crippen molar-refractivity contribution in [2.24, 2.45) is 4.99 Å². The molecule has 0 radical (unpaired) electrons. The van der Waals surface area contributed by atoms with Crippen LogP contribution in [0.1, 0.15) is 18.4 Å². The number of aliphatic imine (C=N–C) groups is 1. The van der Waals surface area contributed by atoms with Crippen molar-refractivity contribution in [3.63, 3.8) is 0 Å². The Bertz CT molecular complexity index is 1120. The normalized spacial score (nSPS) is 15.4. The summed E-state index contributed by atoms with van der Waals surface area (Å²) in [6.45, 7) is 1.04. The zero-order chi connectivity index (χ0) is 21.1. The molecule has 1 aliphatic rings. The zero-order valence-electron chi connectivity index (χ0n) is 15.7. The second-order valence-corrected chi connectivity index (χ2v) is 8.59. The van der Waals surface area contributed by atoms with E-state index in [-0.39, 0.29) is 16.1 Å². The quantitative estimate of drug-likeness (QED) is 0.155. The van der Waals surface area contributed by atoms with E-state index in [4.69, 9.17) is 11.6 Å². The van der Waals surface area contributed by atoms with Gasteiger partial charge in [0, 0.05) is 30.1 Å². The van der Waals surface area contributed by atoms with Crippen molar-refractivity contribution >= 4 is 51.2 Å². The number of pyridine rings is 1. The van der Waals surface area contributed by atoms with Gasteiger partial charge in [-0.1, -0.05) is 11.6 Å². The van der Waals surface area contributed by atoms with Crippen LogP contribution in [0.4, 0.5) is 16.0 Å². The van der Waals surface area contributed by atoms with Crippen LogP contribution in [0.15, 0.2) is 35.5 Å². The number of nitrogens with one attached hydrogen (secondary N) is 4. The van der Waals surface area contributed by atoms with Crippen LogP contribution in [0.5, 0.6) is 0 Å². The molecule has 3 aromatic rings. The number of hydrogen-bond acceptors (Lipinski definition) is 6. The number of anilines is 1. The van der Waals surface area contributed by atoms with Gasteiger partial charge in [-0.15, -0.1) is 0 Å². The van der Waals surface area contributed by atoms with E-state index in [1.54, 1.807) is 6.07 Å². The van der Waals surface area contributed by atoms with Gasteiger partial charge in [-0.3, -0.25) is 10.7 Å². The van der Waals surface area contributed by atoms with E-state index >= 15 is 0 Å². The first kappa shape index (κ1) is 20.7. The molecule has 158 valence electrons. The lowest BCUT2D eigenvalue weighted by Gasteiger charge is -2.06. The molecular formula is C18H19ClFN7O2S. The molecule has 0 amide bonds. The topological polar surface area (TPSA) is 127 Å². The summed E-state index contributed by atoms with van der Waals surface area (Å²) in [5.41, 5.74) is 3.89. The highest BCUT2D eigenvalue weighted by Gasteiger charge is 2.27. The molecule has 2 heterocycles. The lowest BCUT2D eigenvalue weighted by atomic mass is 10.2. The number of rotatable bonds is 8.